The average Bonchev–Trinajstić information content (AvgIpc) is 0.908. The largest absolute Gasteiger partial charge is 0.316 e. The maximum Gasteiger partial charge on any atom is 0.267 e. The van der Waals surface area contributed by atoms with E-state index < -0.39 is 86.2 Å². The fraction of sp³-hybridized carbons (Fsp3) is 0.969. The zero-order valence-electron chi connectivity index (χ0n) is 67.3. The molecule has 636 valence electrons. The molecule has 2 unspecified atom stereocenters. The molecule has 0 aliphatic heterocycles. The second kappa shape index (κ2) is 58.4. The number of nitrogens with one attached hydrogen (secondary N) is 8. The summed E-state index contributed by atoms with van der Waals surface area (Å²) < 4.78 is 234. The Kier molecular flexibility index (Phi) is 66.4. The third-order valence-electron chi connectivity index (χ3n) is 14.3. The summed E-state index contributed by atoms with van der Waals surface area (Å²) in [5, 5.41) is 24.5. The van der Waals surface area contributed by atoms with Crippen LogP contribution in [0.1, 0.15) is 243 Å². The highest BCUT2D eigenvalue weighted by Gasteiger charge is 2.23. The molecule has 0 saturated heterocycles. The van der Waals surface area contributed by atoms with Gasteiger partial charge >= 0.3 is 0 Å². The van der Waals surface area contributed by atoms with Gasteiger partial charge in [-0.3, -0.25) is 36.4 Å². The van der Waals surface area contributed by atoms with Crippen LogP contribution >= 0.6 is 0 Å². The predicted octanol–water partition coefficient (Wildman–Crippen LogP) is 7.27. The SMILES string of the molecule is C#CC(CC)(CC)NCCCS(=O)(=O)O.CC(C)(C)CNCCCS(=O)(=O)O.CC(C)(C)NCCCCS(=O)(=O)O.CC(C)(C)NCCS(=O)(=O)O.CC(C)C(C)NCCCS(=O)(=O)O.CC(CCNC(C)(C)C)S(=O)(=O)O.CCC(C)(C)NCCCS(=O)(=O)O.CCC(CC)NCCCS(=O)(=O)O. The van der Waals surface area contributed by atoms with Crippen molar-refractivity contribution in [2.45, 2.75) is 288 Å². The summed E-state index contributed by atoms with van der Waals surface area (Å²) in [5.74, 6) is 1.98. The van der Waals surface area contributed by atoms with Crippen LogP contribution in [0.4, 0.5) is 0 Å². The zero-order valence-corrected chi connectivity index (χ0v) is 73.8. The smallest absolute Gasteiger partial charge is 0.267 e. The van der Waals surface area contributed by atoms with Crippen LogP contribution in [0.2, 0.25) is 0 Å². The highest BCUT2D eigenvalue weighted by atomic mass is 32.2. The molecule has 0 aromatic heterocycles. The van der Waals surface area contributed by atoms with E-state index >= 15 is 0 Å². The summed E-state index contributed by atoms with van der Waals surface area (Å²) in [4.78, 5) is 0. The molecule has 32 nitrogen and oxygen atoms in total. The first-order valence-corrected chi connectivity index (χ1v) is 48.0. The van der Waals surface area contributed by atoms with E-state index in [9.17, 15) is 67.3 Å². The van der Waals surface area contributed by atoms with Crippen molar-refractivity contribution in [1.82, 2.24) is 42.5 Å². The number of hydrogen-bond donors (Lipinski definition) is 16. The van der Waals surface area contributed by atoms with E-state index in [1.807, 2.05) is 55.4 Å². The summed E-state index contributed by atoms with van der Waals surface area (Å²) >= 11 is 0. The van der Waals surface area contributed by atoms with Gasteiger partial charge < -0.3 is 42.5 Å². The molecule has 0 radical (unpaired) electrons. The third kappa shape index (κ3) is 114. The van der Waals surface area contributed by atoms with Crippen molar-refractivity contribution < 1.29 is 104 Å². The minimum atomic E-state index is -3.86. The lowest BCUT2D eigenvalue weighted by Gasteiger charge is -2.27. The van der Waals surface area contributed by atoms with Gasteiger partial charge in [-0.05, 0) is 237 Å². The van der Waals surface area contributed by atoms with Gasteiger partial charge in [-0.15, -0.1) is 6.42 Å². The van der Waals surface area contributed by atoms with Crippen LogP contribution in [0.15, 0.2) is 0 Å². The number of rotatable bonds is 43. The van der Waals surface area contributed by atoms with E-state index in [0.717, 1.165) is 51.6 Å². The van der Waals surface area contributed by atoms with Crippen molar-refractivity contribution in [1.29, 1.82) is 0 Å². The molecule has 0 aliphatic rings. The van der Waals surface area contributed by atoms with Crippen molar-refractivity contribution >= 4 is 80.9 Å². The molecular weight excluding hydrogens is 1520 g/mol. The van der Waals surface area contributed by atoms with Crippen LogP contribution < -0.4 is 42.5 Å². The number of unbranched alkanes of at least 4 members (excludes halogenated alkanes) is 1. The molecule has 2 atom stereocenters. The van der Waals surface area contributed by atoms with Gasteiger partial charge in [-0.1, -0.05) is 75.2 Å². The van der Waals surface area contributed by atoms with Crippen molar-refractivity contribution in [3.05, 3.63) is 0 Å². The third-order valence-corrected chi connectivity index (χ3v) is 21.1. The number of hydrogen-bond acceptors (Lipinski definition) is 24. The Morgan fingerprint density at radius 3 is 0.962 bits per heavy atom. The van der Waals surface area contributed by atoms with Gasteiger partial charge in [0.15, 0.2) is 0 Å². The van der Waals surface area contributed by atoms with Crippen molar-refractivity contribution in [2.24, 2.45) is 11.3 Å². The summed E-state index contributed by atoms with van der Waals surface area (Å²) in [6.45, 7) is 51.8. The van der Waals surface area contributed by atoms with E-state index in [4.69, 9.17) is 42.8 Å². The molecule has 0 rings (SSSR count). The molecule has 0 bridgehead atoms. The first-order chi connectivity index (χ1) is 46.2. The minimum absolute atomic E-state index is 0.0149. The standard InChI is InChI=1S/C10H19NO3S.6C8H19NO3S.C6H15NO3S/c1-4-10(5-2,6-3)11-8-7-9-15(12,13)14;1-7(13(10,11)12)5-6-9-8(2,3)4;1-8(2,3)7-9-5-4-6-13(10,11)12;1-8(2,3)9-6-4-5-7-13(10,11)12;1-7(2)8(3)9-5-4-6-13(10,11)12;1-4-8(2,3)9-6-5-7-13(10,11)12;1-3-8(4-2)9-6-5-7-13(10,11)12;1-6(2,3)7-4-5-11(8,9)10/h1,11H,5-9H2,2-3H3,(H,12,13,14);7,9H,5-6H2,1-4H3,(H,10,11,12);2*9H,4-7H2,1-3H3,(H,10,11,12);7-9H,4-6H2,1-3H3,(H,10,11,12);9H,4-7H2,1-3H3,(H,10,11,12);8-9H,3-7H2,1-2H3,(H,10,11,12);7H,4-5H2,1-3H3,(H,8,9,10). The Hall–Kier alpha value is -1.48. The molecule has 0 fully saturated rings. The van der Waals surface area contributed by atoms with Crippen molar-refractivity contribution in [2.75, 3.05) is 99.2 Å². The Balaban J connectivity index is -0.000000169. The molecule has 0 heterocycles. The van der Waals surface area contributed by atoms with Crippen LogP contribution in [-0.4, -0.2) is 248 Å². The van der Waals surface area contributed by atoms with Gasteiger partial charge in [0.05, 0.1) is 51.1 Å². The normalized spacial score (nSPS) is 13.5. The van der Waals surface area contributed by atoms with Crippen molar-refractivity contribution in [3.8, 4) is 12.3 Å². The fourth-order valence-corrected chi connectivity index (χ4v) is 11.1. The lowest BCUT2D eigenvalue weighted by molar-refractivity contribution is 0.376. The molecule has 0 aromatic rings. The zero-order chi connectivity index (χ0) is 84.2. The van der Waals surface area contributed by atoms with Gasteiger partial charge in [0.1, 0.15) is 0 Å². The first kappa shape index (κ1) is 118. The Bertz CT molecular complexity index is 3050. The maximum absolute atomic E-state index is 10.6. The lowest BCUT2D eigenvalue weighted by Crippen LogP contribution is -2.43. The monoisotopic (exact) mass is 1670 g/mol. The summed E-state index contributed by atoms with van der Waals surface area (Å²) in [6.07, 6.45) is 14.0. The molecule has 0 amide bonds. The van der Waals surface area contributed by atoms with Crippen molar-refractivity contribution in [3.63, 3.8) is 0 Å². The number of terminal acetylenes is 1. The highest BCUT2D eigenvalue weighted by Crippen LogP contribution is 2.14. The molecule has 0 saturated carbocycles. The van der Waals surface area contributed by atoms with Gasteiger partial charge in [-0.25, -0.2) is 0 Å². The van der Waals surface area contributed by atoms with E-state index in [1.165, 1.54) is 6.92 Å². The van der Waals surface area contributed by atoms with Crippen LogP contribution in [-0.2, 0) is 80.9 Å². The molecule has 0 aromatic carbocycles. The van der Waals surface area contributed by atoms with Crippen LogP contribution in [0.3, 0.4) is 0 Å². The molecule has 104 heavy (non-hydrogen) atoms. The summed E-state index contributed by atoms with van der Waals surface area (Å²) in [6, 6.07) is 0.836. The first-order valence-electron chi connectivity index (χ1n) is 35.2. The van der Waals surface area contributed by atoms with E-state index in [2.05, 4.69) is 145 Å². The van der Waals surface area contributed by atoms with Gasteiger partial charge in [0.2, 0.25) is 0 Å². The Morgan fingerprint density at radius 2 is 0.663 bits per heavy atom. The average molecular weight is 1670 g/mol. The van der Waals surface area contributed by atoms with E-state index in [-0.39, 0.29) is 79.9 Å². The van der Waals surface area contributed by atoms with Crippen LogP contribution in [0.25, 0.3) is 0 Å². The second-order valence-electron chi connectivity index (χ2n) is 30.3. The van der Waals surface area contributed by atoms with Crippen LogP contribution in [0, 0.1) is 23.7 Å². The van der Waals surface area contributed by atoms with Gasteiger partial charge in [0.25, 0.3) is 80.9 Å². The van der Waals surface area contributed by atoms with E-state index in [0.29, 0.717) is 102 Å². The Labute approximate surface area is 633 Å². The Morgan fingerprint density at radius 1 is 0.356 bits per heavy atom. The molecule has 0 spiro atoms. The topological polar surface area (TPSA) is 531 Å². The summed E-state index contributed by atoms with van der Waals surface area (Å²) in [5.41, 5.74) is -0.155. The van der Waals surface area contributed by atoms with Gasteiger partial charge in [-0.2, -0.15) is 67.3 Å². The molecule has 40 heteroatoms. The van der Waals surface area contributed by atoms with E-state index in [1.54, 1.807) is 0 Å². The lowest BCUT2D eigenvalue weighted by atomic mass is 9.94. The highest BCUT2D eigenvalue weighted by molar-refractivity contribution is 7.87. The molecule has 0 aliphatic carbocycles. The fourth-order valence-electron chi connectivity index (χ4n) is 7.17. The summed E-state index contributed by atoms with van der Waals surface area (Å²) in [7, 11) is -30.4. The molecule has 16 N–H and O–H groups in total. The second-order valence-corrected chi connectivity index (χ2v) is 43.2. The molecular formula is C64H148N8O24S8. The quantitative estimate of drug-likeness (QED) is 0.0162. The maximum atomic E-state index is 10.6. The predicted molar refractivity (Wildman–Crippen MR) is 426 cm³/mol. The minimum Gasteiger partial charge on any atom is -0.316 e. The van der Waals surface area contributed by atoms with Gasteiger partial charge in [0, 0.05) is 40.8 Å². The van der Waals surface area contributed by atoms with Crippen LogP contribution in [0.5, 0.6) is 0 Å².